The normalized spacial score (nSPS) is 25.2. The maximum absolute atomic E-state index is 14.7. The van der Waals surface area contributed by atoms with Crippen LogP contribution in [0, 0.1) is 23.0 Å². The summed E-state index contributed by atoms with van der Waals surface area (Å²) in [5.41, 5.74) is 3.95. The van der Waals surface area contributed by atoms with Crippen LogP contribution in [-0.2, 0) is 16.1 Å². The van der Waals surface area contributed by atoms with E-state index in [1.165, 1.54) is 6.07 Å². The van der Waals surface area contributed by atoms with Crippen LogP contribution in [0.5, 0.6) is 0 Å². The van der Waals surface area contributed by atoms with Gasteiger partial charge in [-0.3, -0.25) is 14.7 Å². The molecular weight excluding hydrogens is 476 g/mol. The van der Waals surface area contributed by atoms with E-state index < -0.39 is 17.7 Å². The van der Waals surface area contributed by atoms with E-state index in [2.05, 4.69) is 6.08 Å². The van der Waals surface area contributed by atoms with Crippen LogP contribution < -0.4 is 0 Å². The van der Waals surface area contributed by atoms with Crippen LogP contribution in [0.3, 0.4) is 0 Å². The number of methoxy groups -OCH3 is 1. The first-order chi connectivity index (χ1) is 17.9. The minimum atomic E-state index is -0.484. The number of likely N-dealkylation sites (tertiary alicyclic amines) is 1. The van der Waals surface area contributed by atoms with E-state index in [-0.39, 0.29) is 36.0 Å². The quantitative estimate of drug-likeness (QED) is 0.649. The van der Waals surface area contributed by atoms with Crippen LogP contribution in [0.25, 0.3) is 0 Å². The van der Waals surface area contributed by atoms with Crippen LogP contribution in [0.2, 0.25) is 0 Å². The maximum Gasteiger partial charge on any atom is 0.225 e. The first-order valence-electron chi connectivity index (χ1n) is 13.3. The summed E-state index contributed by atoms with van der Waals surface area (Å²) in [5.74, 6) is 0.321. The molecule has 0 bridgehead atoms. The number of hydrogen-bond acceptors (Lipinski definition) is 5. The van der Waals surface area contributed by atoms with Gasteiger partial charge in [0, 0.05) is 55.1 Å². The van der Waals surface area contributed by atoms with Crippen LogP contribution in [0.15, 0.2) is 57.9 Å². The Bertz CT molecular complexity index is 1240. The van der Waals surface area contributed by atoms with Gasteiger partial charge in [0.2, 0.25) is 5.91 Å². The molecule has 2 aliphatic carbocycles. The van der Waals surface area contributed by atoms with Gasteiger partial charge in [-0.1, -0.05) is 6.42 Å². The van der Waals surface area contributed by atoms with Crippen molar-refractivity contribution in [3.05, 3.63) is 70.2 Å². The molecule has 1 spiro atoms. The van der Waals surface area contributed by atoms with Gasteiger partial charge in [0.25, 0.3) is 0 Å². The van der Waals surface area contributed by atoms with Gasteiger partial charge in [0.05, 0.1) is 31.2 Å². The van der Waals surface area contributed by atoms with Crippen molar-refractivity contribution in [2.45, 2.75) is 51.1 Å². The Morgan fingerprint density at radius 2 is 2.00 bits per heavy atom. The van der Waals surface area contributed by atoms with E-state index in [1.807, 2.05) is 15.9 Å². The van der Waals surface area contributed by atoms with Crippen molar-refractivity contribution in [3.63, 3.8) is 0 Å². The summed E-state index contributed by atoms with van der Waals surface area (Å²) < 4.78 is 34.2. The lowest BCUT2D eigenvalue weighted by Crippen LogP contribution is -2.55. The van der Waals surface area contributed by atoms with Crippen LogP contribution in [0.1, 0.15) is 44.1 Å². The lowest BCUT2D eigenvalue weighted by Gasteiger charge is -2.51. The molecule has 2 fully saturated rings. The molecule has 1 aromatic carbocycles. The number of aliphatic imine (C=N–C) groups is 1. The molecule has 1 atom stereocenters. The number of halogens is 2. The summed E-state index contributed by atoms with van der Waals surface area (Å²) in [6.07, 6.45) is 9.26. The topological polar surface area (TPSA) is 65.4 Å². The molecule has 1 saturated heterocycles. The molecule has 0 radical (unpaired) electrons. The minimum Gasteiger partial charge on any atom is -0.501 e. The van der Waals surface area contributed by atoms with Crippen molar-refractivity contribution in [2.75, 3.05) is 33.4 Å². The van der Waals surface area contributed by atoms with Crippen molar-refractivity contribution in [3.8, 4) is 0 Å². The first kappa shape index (κ1) is 24.5. The fourth-order valence-corrected chi connectivity index (χ4v) is 6.68. The third kappa shape index (κ3) is 4.14. The molecule has 1 amide bonds. The monoisotopic (exact) mass is 509 g/mol. The van der Waals surface area contributed by atoms with Crippen molar-refractivity contribution in [2.24, 2.45) is 16.3 Å². The third-order valence-corrected chi connectivity index (χ3v) is 8.96. The number of piperidine rings is 1. The maximum atomic E-state index is 14.7. The van der Waals surface area contributed by atoms with E-state index in [4.69, 9.17) is 9.73 Å². The number of rotatable bonds is 5. The van der Waals surface area contributed by atoms with E-state index in [9.17, 15) is 18.7 Å². The summed E-state index contributed by atoms with van der Waals surface area (Å²) in [6.45, 7) is 1.91. The first-order valence-corrected chi connectivity index (χ1v) is 13.3. The van der Waals surface area contributed by atoms with Crippen LogP contribution >= 0.6 is 0 Å². The number of carbonyl (C=O) groups is 1. The summed E-state index contributed by atoms with van der Waals surface area (Å²) in [5, 5.41) is 10.5. The smallest absolute Gasteiger partial charge is 0.225 e. The average Bonchev–Trinajstić information content (AvgIpc) is 3.25. The zero-order valence-electron chi connectivity index (χ0n) is 21.2. The highest BCUT2D eigenvalue weighted by Crippen LogP contribution is 2.53. The summed E-state index contributed by atoms with van der Waals surface area (Å²) in [4.78, 5) is 22.1. The second-order valence-corrected chi connectivity index (χ2v) is 11.0. The van der Waals surface area contributed by atoms with Crippen molar-refractivity contribution in [1.29, 1.82) is 0 Å². The molecule has 37 heavy (non-hydrogen) atoms. The largest absolute Gasteiger partial charge is 0.501 e. The van der Waals surface area contributed by atoms with Gasteiger partial charge in [-0.25, -0.2) is 8.78 Å². The molecule has 1 saturated carbocycles. The standard InChI is InChI=1S/C29H33F2N3O3/c1-37-21-6-7-22-24(14-21)32-27-25(16-35)34(15-19-13-20(30)5-8-23(19)31)17-29(26(22)27)9-11-33(12-10-29)28(36)18-3-2-4-18/h5-8,13,18,25,35H,2-4,9-12,14-17H2,1H3/t25-/m1/s1. The molecule has 196 valence electrons. The highest BCUT2D eigenvalue weighted by molar-refractivity contribution is 6.09. The van der Waals surface area contributed by atoms with Crippen LogP contribution in [-0.4, -0.2) is 65.9 Å². The fourth-order valence-electron chi connectivity index (χ4n) is 6.68. The number of allylic oxidation sites excluding steroid dienone is 4. The fraction of sp³-hybridized carbons (Fsp3) is 0.517. The van der Waals surface area contributed by atoms with Gasteiger partial charge in [-0.2, -0.15) is 0 Å². The number of hydrogen-bond donors (Lipinski definition) is 1. The molecular formula is C29H33F2N3O3. The molecule has 8 heteroatoms. The zero-order valence-corrected chi connectivity index (χ0v) is 21.2. The molecule has 3 heterocycles. The Morgan fingerprint density at radius 3 is 2.68 bits per heavy atom. The Labute approximate surface area is 216 Å². The number of benzene rings is 1. The predicted octanol–water partition coefficient (Wildman–Crippen LogP) is 4.12. The number of fused-ring (bicyclic) bond motifs is 3. The van der Waals surface area contributed by atoms with E-state index >= 15 is 0 Å². The Kier molecular flexibility index (Phi) is 6.27. The highest BCUT2D eigenvalue weighted by Gasteiger charge is 2.51. The van der Waals surface area contributed by atoms with E-state index in [0.717, 1.165) is 72.6 Å². The van der Waals surface area contributed by atoms with Crippen molar-refractivity contribution < 1.29 is 23.4 Å². The minimum absolute atomic E-state index is 0.168. The van der Waals surface area contributed by atoms with Gasteiger partial charge in [-0.15, -0.1) is 0 Å². The second kappa shape index (κ2) is 9.48. The highest BCUT2D eigenvalue weighted by atomic mass is 19.1. The molecule has 0 unspecified atom stereocenters. The Balaban J connectivity index is 1.36. The number of aliphatic hydroxyl groups excluding tert-OH is 1. The number of nitrogens with zero attached hydrogens (tertiary/aromatic N) is 3. The van der Waals surface area contributed by atoms with Crippen LogP contribution in [0.4, 0.5) is 8.78 Å². The van der Waals surface area contributed by atoms with E-state index in [0.29, 0.717) is 26.1 Å². The summed E-state index contributed by atoms with van der Waals surface area (Å²) in [7, 11) is 1.65. The Hall–Kier alpha value is -2.84. The lowest BCUT2D eigenvalue weighted by molar-refractivity contribution is -0.140. The van der Waals surface area contributed by atoms with Gasteiger partial charge in [0.15, 0.2) is 0 Å². The molecule has 0 aromatic heterocycles. The van der Waals surface area contributed by atoms with Crippen molar-refractivity contribution >= 4 is 11.6 Å². The molecule has 6 nitrogen and oxygen atoms in total. The van der Waals surface area contributed by atoms with Crippen molar-refractivity contribution in [1.82, 2.24) is 9.80 Å². The zero-order chi connectivity index (χ0) is 25.7. The number of amides is 1. The number of carbonyl (C=O) groups excluding carboxylic acids is 1. The lowest BCUT2D eigenvalue weighted by atomic mass is 9.65. The molecule has 5 aliphatic rings. The van der Waals surface area contributed by atoms with Gasteiger partial charge < -0.3 is 14.7 Å². The SMILES string of the molecule is COC1=CC=C2C(=NC3=C2C2(CCN(C(=O)C4CCC4)CC2)CN(Cc2cc(F)ccc2F)[C@@H]3CO)C1. The predicted molar refractivity (Wildman–Crippen MR) is 135 cm³/mol. The molecule has 6 rings (SSSR count). The molecule has 1 aromatic rings. The average molecular weight is 510 g/mol. The second-order valence-electron chi connectivity index (χ2n) is 11.0. The Morgan fingerprint density at radius 1 is 1.22 bits per heavy atom. The van der Waals surface area contributed by atoms with Gasteiger partial charge >= 0.3 is 0 Å². The van der Waals surface area contributed by atoms with E-state index in [1.54, 1.807) is 7.11 Å². The van der Waals surface area contributed by atoms with Gasteiger partial charge in [0.1, 0.15) is 17.4 Å². The summed E-state index contributed by atoms with van der Waals surface area (Å²) >= 11 is 0. The molecule has 3 aliphatic heterocycles. The van der Waals surface area contributed by atoms with Gasteiger partial charge in [-0.05, 0) is 61.6 Å². The number of aliphatic hydroxyl groups is 1. The summed E-state index contributed by atoms with van der Waals surface area (Å²) in [6, 6.07) is 3.08. The number of ether oxygens (including phenoxy) is 1. The third-order valence-electron chi connectivity index (χ3n) is 8.96. The molecule has 1 N–H and O–H groups in total.